The second kappa shape index (κ2) is 4.57. The molecule has 0 radical (unpaired) electrons. The van der Waals surface area contributed by atoms with Crippen LogP contribution in [0.1, 0.15) is 19.8 Å². The molecule has 0 amide bonds. The van der Waals surface area contributed by atoms with Gasteiger partial charge in [0, 0.05) is 31.4 Å². The highest BCUT2D eigenvalue weighted by Crippen LogP contribution is 2.28. The van der Waals surface area contributed by atoms with Crippen molar-refractivity contribution < 1.29 is 4.74 Å². The molecule has 3 heteroatoms. The highest BCUT2D eigenvalue weighted by atomic mass is 16.5. The molecule has 1 saturated heterocycles. The van der Waals surface area contributed by atoms with Crippen molar-refractivity contribution in [3.05, 3.63) is 24.3 Å². The summed E-state index contributed by atoms with van der Waals surface area (Å²) in [5.74, 6) is 1.01. The summed E-state index contributed by atoms with van der Waals surface area (Å²) in [5, 5.41) is 3.46. The van der Waals surface area contributed by atoms with Crippen molar-refractivity contribution in [2.24, 2.45) is 0 Å². The molecule has 1 N–H and O–H groups in total. The molecule has 1 atom stereocenters. The molecule has 17 heavy (non-hydrogen) atoms. The molecule has 92 valence electrons. The number of benzene rings is 1. The van der Waals surface area contributed by atoms with E-state index < -0.39 is 0 Å². The summed E-state index contributed by atoms with van der Waals surface area (Å²) in [7, 11) is 0. The predicted molar refractivity (Wildman–Crippen MR) is 69.8 cm³/mol. The summed E-state index contributed by atoms with van der Waals surface area (Å²) in [6, 6.07) is 9.12. The molecule has 3 rings (SSSR count). The zero-order chi connectivity index (χ0) is 11.7. The van der Waals surface area contributed by atoms with E-state index in [9.17, 15) is 0 Å². The summed E-state index contributed by atoms with van der Waals surface area (Å²) in [6.07, 6.45) is 2.92. The van der Waals surface area contributed by atoms with E-state index >= 15 is 0 Å². The van der Waals surface area contributed by atoms with Gasteiger partial charge in [-0.05, 0) is 44.0 Å². The topological polar surface area (TPSA) is 24.5 Å². The maximum atomic E-state index is 5.76. The zero-order valence-corrected chi connectivity index (χ0v) is 10.4. The van der Waals surface area contributed by atoms with Crippen LogP contribution >= 0.6 is 0 Å². The van der Waals surface area contributed by atoms with Crippen LogP contribution in [0, 0.1) is 0 Å². The van der Waals surface area contributed by atoms with Crippen LogP contribution in [0.5, 0.6) is 5.75 Å². The molecule has 1 aromatic rings. The fraction of sp³-hybridized carbons (Fsp3) is 0.571. The van der Waals surface area contributed by atoms with Crippen molar-refractivity contribution in [3.8, 4) is 5.75 Å². The minimum atomic E-state index is 0.486. The van der Waals surface area contributed by atoms with E-state index in [1.807, 2.05) is 0 Å². The Hall–Kier alpha value is -1.22. The quantitative estimate of drug-likeness (QED) is 0.863. The van der Waals surface area contributed by atoms with Gasteiger partial charge in [0.25, 0.3) is 0 Å². The highest BCUT2D eigenvalue weighted by Gasteiger charge is 2.23. The van der Waals surface area contributed by atoms with E-state index in [-0.39, 0.29) is 0 Å². The lowest BCUT2D eigenvalue weighted by atomic mass is 10.2. The summed E-state index contributed by atoms with van der Waals surface area (Å²) < 4.78 is 5.76. The molecule has 1 aromatic carbocycles. The van der Waals surface area contributed by atoms with Crippen molar-refractivity contribution in [1.29, 1.82) is 0 Å². The van der Waals surface area contributed by atoms with Gasteiger partial charge in [0.2, 0.25) is 0 Å². The van der Waals surface area contributed by atoms with Crippen LogP contribution in [-0.4, -0.2) is 31.8 Å². The normalized spacial score (nSPS) is 24.8. The Balaban J connectivity index is 1.65. The van der Waals surface area contributed by atoms with Crippen LogP contribution < -0.4 is 15.0 Å². The molecule has 1 heterocycles. The maximum Gasteiger partial charge on any atom is 0.119 e. The standard InChI is InChI=1S/C14H20N2O/c1-11-10-16(9-8-15-11)12-2-4-13(5-3-12)17-14-6-7-14/h2-5,11,14-15H,6-10H2,1H3. The second-order valence-electron chi connectivity index (χ2n) is 5.11. The van der Waals surface area contributed by atoms with E-state index in [4.69, 9.17) is 4.74 Å². The van der Waals surface area contributed by atoms with Crippen LogP contribution in [0.3, 0.4) is 0 Å². The molecule has 1 aliphatic carbocycles. The van der Waals surface area contributed by atoms with Crippen molar-refractivity contribution in [1.82, 2.24) is 5.32 Å². The molecule has 1 aliphatic heterocycles. The lowest BCUT2D eigenvalue weighted by Gasteiger charge is -2.33. The van der Waals surface area contributed by atoms with E-state index in [2.05, 4.69) is 41.4 Å². The minimum Gasteiger partial charge on any atom is -0.490 e. The summed E-state index contributed by atoms with van der Waals surface area (Å²) in [4.78, 5) is 2.43. The average Bonchev–Trinajstić information content (AvgIpc) is 3.14. The first-order valence-corrected chi connectivity index (χ1v) is 6.56. The van der Waals surface area contributed by atoms with E-state index in [0.29, 0.717) is 12.1 Å². The Morgan fingerprint density at radius 1 is 1.24 bits per heavy atom. The van der Waals surface area contributed by atoms with Crippen molar-refractivity contribution >= 4 is 5.69 Å². The predicted octanol–water partition coefficient (Wildman–Crippen LogP) is 2.03. The largest absolute Gasteiger partial charge is 0.490 e. The minimum absolute atomic E-state index is 0.486. The molecule has 0 bridgehead atoms. The number of rotatable bonds is 3. The van der Waals surface area contributed by atoms with Crippen molar-refractivity contribution in [2.75, 3.05) is 24.5 Å². The van der Waals surface area contributed by atoms with Gasteiger partial charge in [-0.15, -0.1) is 0 Å². The molecular formula is C14H20N2O. The van der Waals surface area contributed by atoms with Crippen LogP contribution in [-0.2, 0) is 0 Å². The third-order valence-electron chi connectivity index (χ3n) is 3.40. The van der Waals surface area contributed by atoms with Gasteiger partial charge < -0.3 is 15.0 Å². The first kappa shape index (κ1) is 10.9. The second-order valence-corrected chi connectivity index (χ2v) is 5.11. The van der Waals surface area contributed by atoms with Crippen LogP contribution in [0.25, 0.3) is 0 Å². The Morgan fingerprint density at radius 2 is 2.00 bits per heavy atom. The molecule has 2 aliphatic rings. The maximum absolute atomic E-state index is 5.76. The lowest BCUT2D eigenvalue weighted by Crippen LogP contribution is -2.49. The fourth-order valence-electron chi connectivity index (χ4n) is 2.28. The van der Waals surface area contributed by atoms with E-state index in [0.717, 1.165) is 25.4 Å². The Bertz CT molecular complexity index is 372. The molecule has 0 spiro atoms. The number of piperazine rings is 1. The Labute approximate surface area is 103 Å². The monoisotopic (exact) mass is 232 g/mol. The molecule has 2 fully saturated rings. The van der Waals surface area contributed by atoms with Crippen LogP contribution in [0.4, 0.5) is 5.69 Å². The third kappa shape index (κ3) is 2.72. The number of nitrogens with one attached hydrogen (secondary N) is 1. The molecular weight excluding hydrogens is 212 g/mol. The highest BCUT2D eigenvalue weighted by molar-refractivity contribution is 5.49. The number of hydrogen-bond acceptors (Lipinski definition) is 3. The van der Waals surface area contributed by atoms with Crippen molar-refractivity contribution in [2.45, 2.75) is 31.9 Å². The van der Waals surface area contributed by atoms with E-state index in [1.165, 1.54) is 18.5 Å². The number of anilines is 1. The van der Waals surface area contributed by atoms with Gasteiger partial charge in [-0.2, -0.15) is 0 Å². The summed E-state index contributed by atoms with van der Waals surface area (Å²) in [5.41, 5.74) is 1.31. The van der Waals surface area contributed by atoms with Crippen molar-refractivity contribution in [3.63, 3.8) is 0 Å². The summed E-state index contributed by atoms with van der Waals surface area (Å²) in [6.45, 7) is 5.48. The average molecular weight is 232 g/mol. The third-order valence-corrected chi connectivity index (χ3v) is 3.40. The SMILES string of the molecule is CC1CN(c2ccc(OC3CC3)cc2)CCN1. The Morgan fingerprint density at radius 3 is 2.65 bits per heavy atom. The zero-order valence-electron chi connectivity index (χ0n) is 10.4. The van der Waals surface area contributed by atoms with Gasteiger partial charge in [0.05, 0.1) is 6.10 Å². The fourth-order valence-corrected chi connectivity index (χ4v) is 2.28. The van der Waals surface area contributed by atoms with Gasteiger partial charge in [-0.1, -0.05) is 0 Å². The molecule has 1 unspecified atom stereocenters. The Kier molecular flexibility index (Phi) is 2.93. The number of ether oxygens (including phenoxy) is 1. The first-order valence-electron chi connectivity index (χ1n) is 6.56. The molecule has 3 nitrogen and oxygen atoms in total. The molecule has 1 saturated carbocycles. The first-order chi connectivity index (χ1) is 8.31. The van der Waals surface area contributed by atoms with Crippen LogP contribution in [0.2, 0.25) is 0 Å². The molecule has 0 aromatic heterocycles. The van der Waals surface area contributed by atoms with Gasteiger partial charge in [0.15, 0.2) is 0 Å². The van der Waals surface area contributed by atoms with E-state index in [1.54, 1.807) is 0 Å². The van der Waals surface area contributed by atoms with Gasteiger partial charge >= 0.3 is 0 Å². The van der Waals surface area contributed by atoms with Gasteiger partial charge in [-0.3, -0.25) is 0 Å². The number of hydrogen-bond donors (Lipinski definition) is 1. The van der Waals surface area contributed by atoms with Gasteiger partial charge in [0.1, 0.15) is 5.75 Å². The summed E-state index contributed by atoms with van der Waals surface area (Å²) >= 11 is 0. The lowest BCUT2D eigenvalue weighted by molar-refractivity contribution is 0.303. The smallest absolute Gasteiger partial charge is 0.119 e. The van der Waals surface area contributed by atoms with Gasteiger partial charge in [-0.25, -0.2) is 0 Å². The van der Waals surface area contributed by atoms with Crippen LogP contribution in [0.15, 0.2) is 24.3 Å². The number of nitrogens with zero attached hydrogens (tertiary/aromatic N) is 1.